The summed E-state index contributed by atoms with van der Waals surface area (Å²) in [7, 11) is -0.561. The highest BCUT2D eigenvalue weighted by Gasteiger charge is 2.39. The maximum Gasteiger partial charge on any atom is 0.320 e. The van der Waals surface area contributed by atoms with E-state index in [1.165, 1.54) is 12.1 Å². The fourth-order valence-electron chi connectivity index (χ4n) is 5.53. The molecule has 0 atom stereocenters. The lowest BCUT2D eigenvalue weighted by Crippen LogP contribution is -2.43. The average molecular weight is 823 g/mol. The third-order valence-electron chi connectivity index (χ3n) is 9.93. The van der Waals surface area contributed by atoms with Crippen molar-refractivity contribution in [3.8, 4) is 22.9 Å². The van der Waals surface area contributed by atoms with Crippen molar-refractivity contribution in [2.45, 2.75) is 91.7 Å². The van der Waals surface area contributed by atoms with Crippen LogP contribution < -0.4 is 30.1 Å². The smallest absolute Gasteiger partial charge is 0.320 e. The first-order valence-electron chi connectivity index (χ1n) is 18.2. The SMILES string of the molecule is COc1cccc(Cn2c(C)cc(OCc3ccc(F)cc3CNC(=O)Nc3cc(C(C)(C)C)nn3-c3ccc(O[Si](C)(C)C(C)(C)C)c(Cl)c3)c(Cl)c2=O)c1. The van der Waals surface area contributed by atoms with Gasteiger partial charge in [0.25, 0.3) is 13.9 Å². The van der Waals surface area contributed by atoms with Crippen LogP contribution in [-0.2, 0) is 25.1 Å². The number of anilines is 1. The van der Waals surface area contributed by atoms with Crippen molar-refractivity contribution < 1.29 is 23.1 Å². The second kappa shape index (κ2) is 16.8. The number of aromatic nitrogens is 3. The first-order valence-corrected chi connectivity index (χ1v) is 21.9. The third-order valence-corrected chi connectivity index (χ3v) is 14.9. The predicted octanol–water partition coefficient (Wildman–Crippen LogP) is 10.4. The molecule has 0 bridgehead atoms. The summed E-state index contributed by atoms with van der Waals surface area (Å²) >= 11 is 13.3. The molecule has 2 N–H and O–H groups in total. The van der Waals surface area contributed by atoms with E-state index >= 15 is 0 Å². The van der Waals surface area contributed by atoms with Gasteiger partial charge < -0.3 is 23.8 Å². The van der Waals surface area contributed by atoms with E-state index in [0.29, 0.717) is 51.4 Å². The molecule has 5 rings (SSSR count). The number of carbonyl (C=O) groups is 1. The van der Waals surface area contributed by atoms with Crippen LogP contribution in [0.3, 0.4) is 0 Å². The van der Waals surface area contributed by atoms with Gasteiger partial charge in [-0.2, -0.15) is 5.10 Å². The molecule has 0 aliphatic carbocycles. The largest absolute Gasteiger partial charge is 0.543 e. The van der Waals surface area contributed by atoms with Gasteiger partial charge in [-0.25, -0.2) is 13.9 Å². The lowest BCUT2D eigenvalue weighted by Gasteiger charge is -2.36. The molecule has 298 valence electrons. The topological polar surface area (TPSA) is 109 Å². The van der Waals surface area contributed by atoms with Crippen LogP contribution >= 0.6 is 23.2 Å². The molecular weight excluding hydrogens is 772 g/mol. The number of benzene rings is 3. The van der Waals surface area contributed by atoms with Gasteiger partial charge in [0.05, 0.1) is 30.1 Å². The molecule has 2 aromatic heterocycles. The zero-order valence-corrected chi connectivity index (χ0v) is 36.1. The molecule has 0 saturated carbocycles. The van der Waals surface area contributed by atoms with Crippen LogP contribution in [0.5, 0.6) is 17.2 Å². The van der Waals surface area contributed by atoms with Crippen molar-refractivity contribution in [2.24, 2.45) is 0 Å². The number of ether oxygens (including phenoxy) is 2. The van der Waals surface area contributed by atoms with Crippen LogP contribution in [0.2, 0.25) is 28.2 Å². The third kappa shape index (κ3) is 9.95. The number of halogens is 3. The summed E-state index contributed by atoms with van der Waals surface area (Å²) in [6.45, 7) is 18.9. The molecule has 5 aromatic rings. The van der Waals surface area contributed by atoms with E-state index in [9.17, 15) is 14.0 Å². The van der Waals surface area contributed by atoms with Gasteiger partial charge in [-0.15, -0.1) is 0 Å². The van der Waals surface area contributed by atoms with Gasteiger partial charge in [-0.3, -0.25) is 10.1 Å². The Morgan fingerprint density at radius 1 is 0.929 bits per heavy atom. The molecule has 0 aliphatic heterocycles. The molecule has 0 spiro atoms. The zero-order chi connectivity index (χ0) is 41.2. The van der Waals surface area contributed by atoms with Gasteiger partial charge in [-0.1, -0.05) is 82.9 Å². The predicted molar refractivity (Wildman–Crippen MR) is 224 cm³/mol. The van der Waals surface area contributed by atoms with Crippen molar-refractivity contribution in [1.82, 2.24) is 19.7 Å². The molecule has 2 amide bonds. The molecule has 0 fully saturated rings. The quantitative estimate of drug-likeness (QED) is 0.121. The number of urea groups is 1. The molecule has 2 heterocycles. The maximum atomic E-state index is 14.5. The van der Waals surface area contributed by atoms with Crippen molar-refractivity contribution in [1.29, 1.82) is 0 Å². The van der Waals surface area contributed by atoms with Crippen LogP contribution in [0.4, 0.5) is 15.0 Å². The minimum absolute atomic E-state index is 0.0124. The highest BCUT2D eigenvalue weighted by Crippen LogP contribution is 2.40. The first-order chi connectivity index (χ1) is 26.2. The first kappa shape index (κ1) is 42.4. The van der Waals surface area contributed by atoms with Crippen molar-refractivity contribution in [3.63, 3.8) is 0 Å². The van der Waals surface area contributed by atoms with Crippen molar-refractivity contribution >= 4 is 43.4 Å². The Bertz CT molecular complexity index is 2290. The Hall–Kier alpha value is -4.78. The highest BCUT2D eigenvalue weighted by molar-refractivity contribution is 6.74. The number of nitrogens with zero attached hydrogens (tertiary/aromatic N) is 3. The maximum absolute atomic E-state index is 14.5. The number of amides is 2. The summed E-state index contributed by atoms with van der Waals surface area (Å²) in [5.74, 6) is 1.40. The van der Waals surface area contributed by atoms with Gasteiger partial charge in [0.15, 0.2) is 0 Å². The van der Waals surface area contributed by atoms with Crippen molar-refractivity contribution in [3.05, 3.63) is 127 Å². The Balaban J connectivity index is 1.31. The summed E-state index contributed by atoms with van der Waals surface area (Å²) in [5, 5.41) is 10.9. The summed E-state index contributed by atoms with van der Waals surface area (Å²) < 4.78 is 35.5. The fourth-order valence-corrected chi connectivity index (χ4v) is 7.05. The van der Waals surface area contributed by atoms with E-state index in [-0.39, 0.29) is 34.4 Å². The summed E-state index contributed by atoms with van der Waals surface area (Å²) in [4.78, 5) is 26.7. The second-order valence-corrected chi connectivity index (χ2v) is 21.8. The van der Waals surface area contributed by atoms with Gasteiger partial charge in [0.2, 0.25) is 0 Å². The lowest BCUT2D eigenvalue weighted by molar-refractivity contribution is 0.251. The van der Waals surface area contributed by atoms with E-state index in [4.69, 9.17) is 42.2 Å². The van der Waals surface area contributed by atoms with Crippen LogP contribution in [0.25, 0.3) is 5.69 Å². The minimum Gasteiger partial charge on any atom is -0.543 e. The molecule has 14 heteroatoms. The number of methoxy groups -OCH3 is 1. The van der Waals surface area contributed by atoms with E-state index in [2.05, 4.69) is 44.5 Å². The molecule has 0 radical (unpaired) electrons. The molecule has 3 aromatic carbocycles. The van der Waals surface area contributed by atoms with Crippen LogP contribution in [0.15, 0.2) is 77.6 Å². The van der Waals surface area contributed by atoms with Crippen LogP contribution in [0, 0.1) is 12.7 Å². The van der Waals surface area contributed by atoms with Crippen LogP contribution in [-0.4, -0.2) is 35.8 Å². The monoisotopic (exact) mass is 821 g/mol. The minimum atomic E-state index is -2.15. The number of carbonyl (C=O) groups excluding carboxylic acids is 1. The van der Waals surface area contributed by atoms with Gasteiger partial charge in [0, 0.05) is 29.8 Å². The molecule has 10 nitrogen and oxygen atoms in total. The Labute approximate surface area is 339 Å². The molecular formula is C42H50Cl2FN5O5Si. The summed E-state index contributed by atoms with van der Waals surface area (Å²) in [6, 6.07) is 20.1. The number of pyridine rings is 1. The fraction of sp³-hybridized carbons (Fsp3) is 0.357. The number of nitrogens with one attached hydrogen (secondary N) is 2. The van der Waals surface area contributed by atoms with Gasteiger partial charge >= 0.3 is 6.03 Å². The summed E-state index contributed by atoms with van der Waals surface area (Å²) in [6.07, 6.45) is 0. The number of aryl methyl sites for hydroxylation is 1. The number of hydrogen-bond acceptors (Lipinski definition) is 6. The second-order valence-electron chi connectivity index (χ2n) is 16.3. The van der Waals surface area contributed by atoms with Crippen LogP contribution in [0.1, 0.15) is 69.6 Å². The molecule has 0 saturated heterocycles. The van der Waals surface area contributed by atoms with E-state index in [1.807, 2.05) is 63.2 Å². The average Bonchev–Trinajstić information content (AvgIpc) is 3.55. The van der Waals surface area contributed by atoms with Gasteiger partial charge in [0.1, 0.15) is 40.5 Å². The normalized spacial score (nSPS) is 12.0. The van der Waals surface area contributed by atoms with E-state index < -0.39 is 25.7 Å². The molecule has 0 aliphatic rings. The Morgan fingerprint density at radius 3 is 2.32 bits per heavy atom. The van der Waals surface area contributed by atoms with Gasteiger partial charge in [-0.05, 0) is 84.2 Å². The number of rotatable bonds is 12. The Kier molecular flexibility index (Phi) is 12.7. The molecule has 56 heavy (non-hydrogen) atoms. The Morgan fingerprint density at radius 2 is 1.66 bits per heavy atom. The summed E-state index contributed by atoms with van der Waals surface area (Å²) in [5.41, 5.74) is 3.23. The van der Waals surface area contributed by atoms with Crippen molar-refractivity contribution in [2.75, 3.05) is 12.4 Å². The highest BCUT2D eigenvalue weighted by atomic mass is 35.5. The van der Waals surface area contributed by atoms with E-state index in [1.54, 1.807) is 41.5 Å². The van der Waals surface area contributed by atoms with E-state index in [0.717, 1.165) is 11.3 Å². The number of hydrogen-bond donors (Lipinski definition) is 2. The molecule has 0 unspecified atom stereocenters. The zero-order valence-electron chi connectivity index (χ0n) is 33.6. The standard InChI is InChI=1S/C42H50Cl2FN5O5Si/c1-26-18-35(38(44)39(51)49(26)24-27-12-11-13-32(19-27)53-8)54-25-28-14-15-30(45)20-29(28)23-46-40(52)47-37-22-36(41(2,3)4)48-50(37)31-16-17-34(33(43)21-31)55-56(9,10)42(5,6)7/h11-22H,23-25H2,1-10H3,(H2,46,47,52). The lowest BCUT2D eigenvalue weighted by atomic mass is 9.92.